The predicted molar refractivity (Wildman–Crippen MR) is 80.8 cm³/mol. The molecule has 1 saturated heterocycles. The second kappa shape index (κ2) is 5.51. The van der Waals surface area contributed by atoms with Crippen LogP contribution >= 0.6 is 0 Å². The first-order valence-electron chi connectivity index (χ1n) is 7.68. The molecule has 0 unspecified atom stereocenters. The summed E-state index contributed by atoms with van der Waals surface area (Å²) >= 11 is 0. The maximum absolute atomic E-state index is 13.0. The van der Waals surface area contributed by atoms with Gasteiger partial charge in [0.2, 0.25) is 0 Å². The minimum atomic E-state index is -3.63. The van der Waals surface area contributed by atoms with Gasteiger partial charge >= 0.3 is 0 Å². The lowest BCUT2D eigenvalue weighted by molar-refractivity contribution is -0.441. The Morgan fingerprint density at radius 1 is 1.30 bits per heavy atom. The number of fused-ring (bicyclic) bond motifs is 2. The highest BCUT2D eigenvalue weighted by Crippen LogP contribution is 2.45. The molecule has 1 saturated carbocycles. The zero-order valence-corrected chi connectivity index (χ0v) is 14.0. The third kappa shape index (κ3) is 3.15. The SMILES string of the molecule is C[C@@]1(O)CC[C@@H]2C[C@H]1OO[C@@]2(C)CS(=O)(=O)c1ccc(F)cc1. The fourth-order valence-electron chi connectivity index (χ4n) is 3.44. The minimum absolute atomic E-state index is 0.0169. The Hall–Kier alpha value is -1.02. The van der Waals surface area contributed by atoms with Gasteiger partial charge in [-0.3, -0.25) is 0 Å². The van der Waals surface area contributed by atoms with E-state index in [4.69, 9.17) is 9.78 Å². The van der Waals surface area contributed by atoms with Crippen LogP contribution in [0.25, 0.3) is 0 Å². The molecule has 2 fully saturated rings. The molecule has 0 spiro atoms. The number of halogens is 1. The molecule has 1 N–H and O–H groups in total. The molecule has 2 aliphatic rings. The Morgan fingerprint density at radius 2 is 1.96 bits per heavy atom. The van der Waals surface area contributed by atoms with E-state index in [9.17, 15) is 17.9 Å². The summed E-state index contributed by atoms with van der Waals surface area (Å²) in [6.45, 7) is 3.42. The van der Waals surface area contributed by atoms with Crippen molar-refractivity contribution in [3.8, 4) is 0 Å². The molecule has 1 heterocycles. The standard InChI is InChI=1S/C16H21FO5S/c1-15(18)8-7-11-9-14(15)21-22-16(11,2)10-23(19,20)13-5-3-12(17)4-6-13/h3-6,11,14,18H,7-10H2,1-2H3/t11-,14-,15-,16+/m1/s1. The molecule has 5 nitrogen and oxygen atoms in total. The largest absolute Gasteiger partial charge is 0.387 e. The van der Waals surface area contributed by atoms with Gasteiger partial charge in [0.1, 0.15) is 17.5 Å². The van der Waals surface area contributed by atoms with Crippen molar-refractivity contribution in [1.29, 1.82) is 0 Å². The molecule has 0 aromatic heterocycles. The number of hydrogen-bond acceptors (Lipinski definition) is 5. The van der Waals surface area contributed by atoms with E-state index in [0.717, 1.165) is 12.1 Å². The van der Waals surface area contributed by atoms with E-state index in [1.54, 1.807) is 13.8 Å². The van der Waals surface area contributed by atoms with Crippen molar-refractivity contribution < 1.29 is 27.7 Å². The number of rotatable bonds is 3. The van der Waals surface area contributed by atoms with Crippen molar-refractivity contribution >= 4 is 9.84 Å². The summed E-state index contributed by atoms with van der Waals surface area (Å²) in [7, 11) is -3.63. The summed E-state index contributed by atoms with van der Waals surface area (Å²) in [4.78, 5) is 10.8. The predicted octanol–water partition coefficient (Wildman–Crippen LogP) is 2.24. The van der Waals surface area contributed by atoms with Gasteiger partial charge in [0.25, 0.3) is 0 Å². The molecule has 0 amide bonds. The Morgan fingerprint density at radius 3 is 2.61 bits per heavy atom. The molecule has 1 aromatic carbocycles. The molecule has 1 aliphatic carbocycles. The van der Waals surface area contributed by atoms with Crippen molar-refractivity contribution in [2.75, 3.05) is 5.75 Å². The normalized spacial score (nSPS) is 37.6. The second-order valence-electron chi connectivity index (χ2n) is 7.02. The van der Waals surface area contributed by atoms with Gasteiger partial charge in [-0.25, -0.2) is 22.6 Å². The lowest BCUT2D eigenvalue weighted by atomic mass is 9.71. The zero-order valence-electron chi connectivity index (χ0n) is 13.2. The van der Waals surface area contributed by atoms with Crippen LogP contribution in [-0.4, -0.2) is 36.6 Å². The maximum atomic E-state index is 13.0. The van der Waals surface area contributed by atoms with Crippen molar-refractivity contribution in [3.05, 3.63) is 30.1 Å². The van der Waals surface area contributed by atoms with Gasteiger partial charge in [-0.15, -0.1) is 0 Å². The molecule has 1 aliphatic heterocycles. The lowest BCUT2D eigenvalue weighted by Crippen LogP contribution is -2.58. The maximum Gasteiger partial charge on any atom is 0.181 e. The highest BCUT2D eigenvalue weighted by Gasteiger charge is 2.53. The molecule has 4 atom stereocenters. The van der Waals surface area contributed by atoms with E-state index in [1.807, 2.05) is 0 Å². The number of aliphatic hydroxyl groups is 1. The Bertz CT molecular complexity index is 685. The van der Waals surface area contributed by atoms with Gasteiger partial charge in [0, 0.05) is 0 Å². The summed E-state index contributed by atoms with van der Waals surface area (Å²) in [6, 6.07) is 4.76. The fraction of sp³-hybridized carbons (Fsp3) is 0.625. The van der Waals surface area contributed by atoms with Gasteiger partial charge in [-0.2, -0.15) is 0 Å². The fourth-order valence-corrected chi connectivity index (χ4v) is 5.19. The number of benzene rings is 1. The van der Waals surface area contributed by atoms with Crippen LogP contribution in [0.1, 0.15) is 33.1 Å². The second-order valence-corrected chi connectivity index (χ2v) is 9.01. The molecular weight excluding hydrogens is 323 g/mol. The summed E-state index contributed by atoms with van der Waals surface area (Å²) in [5, 5.41) is 10.2. The highest BCUT2D eigenvalue weighted by molar-refractivity contribution is 7.91. The molecule has 3 rings (SSSR count). The molecule has 23 heavy (non-hydrogen) atoms. The smallest absolute Gasteiger partial charge is 0.181 e. The molecular formula is C16H21FO5S. The van der Waals surface area contributed by atoms with Crippen LogP contribution in [0.5, 0.6) is 0 Å². The van der Waals surface area contributed by atoms with Crippen LogP contribution in [0.4, 0.5) is 4.39 Å². The van der Waals surface area contributed by atoms with Crippen LogP contribution < -0.4 is 0 Å². The summed E-state index contributed by atoms with van der Waals surface area (Å²) in [5.74, 6) is -0.744. The van der Waals surface area contributed by atoms with Crippen LogP contribution in [0.2, 0.25) is 0 Å². The summed E-state index contributed by atoms with van der Waals surface area (Å²) in [6.07, 6.45) is 1.32. The van der Waals surface area contributed by atoms with E-state index < -0.39 is 33.0 Å². The zero-order chi connectivity index (χ0) is 16.9. The Kier molecular flexibility index (Phi) is 4.03. The average molecular weight is 344 g/mol. The summed E-state index contributed by atoms with van der Waals surface area (Å²) < 4.78 is 38.2. The van der Waals surface area contributed by atoms with Crippen LogP contribution in [0, 0.1) is 11.7 Å². The van der Waals surface area contributed by atoms with E-state index in [0.29, 0.717) is 19.3 Å². The van der Waals surface area contributed by atoms with E-state index >= 15 is 0 Å². The topological polar surface area (TPSA) is 72.8 Å². The first kappa shape index (κ1) is 16.8. The first-order chi connectivity index (χ1) is 10.6. The molecule has 1 aromatic rings. The van der Waals surface area contributed by atoms with Gasteiger partial charge in [0.15, 0.2) is 9.84 Å². The Balaban J connectivity index is 1.81. The van der Waals surface area contributed by atoms with Crippen LogP contribution in [0.15, 0.2) is 29.2 Å². The van der Waals surface area contributed by atoms with E-state index in [-0.39, 0.29) is 16.6 Å². The minimum Gasteiger partial charge on any atom is -0.387 e. The van der Waals surface area contributed by atoms with E-state index in [2.05, 4.69) is 0 Å². The molecule has 0 radical (unpaired) electrons. The Labute approximate surface area is 135 Å². The third-order valence-electron chi connectivity index (χ3n) is 5.06. The average Bonchev–Trinajstić information content (AvgIpc) is 2.45. The van der Waals surface area contributed by atoms with Gasteiger partial charge in [-0.1, -0.05) is 0 Å². The molecule has 128 valence electrons. The van der Waals surface area contributed by atoms with Gasteiger partial charge < -0.3 is 5.11 Å². The highest BCUT2D eigenvalue weighted by atomic mass is 32.2. The number of hydrogen-bond donors (Lipinski definition) is 1. The third-order valence-corrected chi connectivity index (χ3v) is 7.00. The van der Waals surface area contributed by atoms with Gasteiger partial charge in [0.05, 0.1) is 16.2 Å². The quantitative estimate of drug-likeness (QED) is 0.672. The lowest BCUT2D eigenvalue weighted by Gasteiger charge is -2.50. The van der Waals surface area contributed by atoms with E-state index in [1.165, 1.54) is 12.1 Å². The summed E-state index contributed by atoms with van der Waals surface area (Å²) in [5.41, 5.74) is -1.94. The van der Waals surface area contributed by atoms with Crippen molar-refractivity contribution in [2.45, 2.75) is 55.3 Å². The monoisotopic (exact) mass is 344 g/mol. The van der Waals surface area contributed by atoms with Crippen molar-refractivity contribution in [2.24, 2.45) is 5.92 Å². The van der Waals surface area contributed by atoms with Crippen molar-refractivity contribution in [3.63, 3.8) is 0 Å². The molecule has 7 heteroatoms. The molecule has 2 bridgehead atoms. The van der Waals surface area contributed by atoms with Crippen LogP contribution in [-0.2, 0) is 19.6 Å². The first-order valence-corrected chi connectivity index (χ1v) is 9.33. The van der Waals surface area contributed by atoms with Crippen LogP contribution in [0.3, 0.4) is 0 Å². The van der Waals surface area contributed by atoms with Gasteiger partial charge in [-0.05, 0) is 63.3 Å². The van der Waals surface area contributed by atoms with Crippen molar-refractivity contribution in [1.82, 2.24) is 0 Å². The number of sulfone groups is 1.